The molecule has 0 spiro atoms. The number of hydrogen-bond donors (Lipinski definition) is 3. The third-order valence-electron chi connectivity index (χ3n) is 3.03. The standard InChI is InChI=1S/C13H15N5O2/c1-8-11(7-15-18(8)2)13(19)16-10-5-3-9(4-6-10)12(14)17-20/h3-7,20H,1-2H3,(H2,14,17)(H,16,19). The summed E-state index contributed by atoms with van der Waals surface area (Å²) < 4.78 is 1.64. The monoisotopic (exact) mass is 273 g/mol. The fourth-order valence-electron chi connectivity index (χ4n) is 1.70. The number of amidine groups is 1. The number of nitrogens with zero attached hydrogens (tertiary/aromatic N) is 3. The van der Waals surface area contributed by atoms with Gasteiger partial charge in [-0.15, -0.1) is 0 Å². The lowest BCUT2D eigenvalue weighted by molar-refractivity contribution is 0.102. The maximum absolute atomic E-state index is 12.1. The van der Waals surface area contributed by atoms with E-state index in [0.29, 0.717) is 16.8 Å². The molecule has 4 N–H and O–H groups in total. The lowest BCUT2D eigenvalue weighted by Gasteiger charge is -2.06. The summed E-state index contributed by atoms with van der Waals surface area (Å²) in [7, 11) is 1.78. The van der Waals surface area contributed by atoms with Crippen molar-refractivity contribution >= 4 is 17.4 Å². The van der Waals surface area contributed by atoms with Gasteiger partial charge in [-0.2, -0.15) is 5.10 Å². The number of oxime groups is 1. The Hall–Kier alpha value is -2.83. The second kappa shape index (κ2) is 5.43. The summed E-state index contributed by atoms with van der Waals surface area (Å²) in [5.41, 5.74) is 7.96. The molecule has 104 valence electrons. The van der Waals surface area contributed by atoms with Gasteiger partial charge in [-0.25, -0.2) is 0 Å². The van der Waals surface area contributed by atoms with Crippen LogP contribution in [-0.4, -0.2) is 26.7 Å². The van der Waals surface area contributed by atoms with Crippen LogP contribution in [0, 0.1) is 6.92 Å². The number of anilines is 1. The van der Waals surface area contributed by atoms with Crippen LogP contribution in [0.4, 0.5) is 5.69 Å². The minimum absolute atomic E-state index is 0.0194. The van der Waals surface area contributed by atoms with Crippen LogP contribution in [0.2, 0.25) is 0 Å². The Morgan fingerprint density at radius 2 is 2.05 bits per heavy atom. The number of rotatable bonds is 3. The molecule has 0 aliphatic carbocycles. The highest BCUT2D eigenvalue weighted by molar-refractivity contribution is 6.05. The Kier molecular flexibility index (Phi) is 3.69. The summed E-state index contributed by atoms with van der Waals surface area (Å²) in [6.07, 6.45) is 1.52. The molecule has 0 bridgehead atoms. The van der Waals surface area contributed by atoms with Crippen LogP contribution >= 0.6 is 0 Å². The first-order valence-electron chi connectivity index (χ1n) is 5.91. The fourth-order valence-corrected chi connectivity index (χ4v) is 1.70. The molecule has 0 aliphatic rings. The van der Waals surface area contributed by atoms with E-state index in [-0.39, 0.29) is 11.7 Å². The van der Waals surface area contributed by atoms with E-state index in [1.165, 1.54) is 6.20 Å². The maximum atomic E-state index is 12.1. The van der Waals surface area contributed by atoms with Crippen LogP contribution in [-0.2, 0) is 7.05 Å². The number of nitrogens with two attached hydrogens (primary N) is 1. The Morgan fingerprint density at radius 3 is 2.55 bits per heavy atom. The number of amides is 1. The molecule has 0 atom stereocenters. The summed E-state index contributed by atoms with van der Waals surface area (Å²) in [5, 5.41) is 18.3. The second-order valence-electron chi connectivity index (χ2n) is 4.28. The second-order valence-corrected chi connectivity index (χ2v) is 4.28. The van der Waals surface area contributed by atoms with Gasteiger partial charge in [-0.05, 0) is 31.2 Å². The summed E-state index contributed by atoms with van der Waals surface area (Å²) >= 11 is 0. The highest BCUT2D eigenvalue weighted by Crippen LogP contribution is 2.13. The zero-order valence-electron chi connectivity index (χ0n) is 11.2. The molecule has 2 aromatic rings. The topological polar surface area (TPSA) is 106 Å². The van der Waals surface area contributed by atoms with Crippen LogP contribution in [0.5, 0.6) is 0 Å². The van der Waals surface area contributed by atoms with Crippen LogP contribution in [0.25, 0.3) is 0 Å². The van der Waals surface area contributed by atoms with Crippen molar-refractivity contribution in [3.63, 3.8) is 0 Å². The molecule has 20 heavy (non-hydrogen) atoms. The van der Waals surface area contributed by atoms with Gasteiger partial charge in [-0.3, -0.25) is 9.48 Å². The van der Waals surface area contributed by atoms with E-state index in [1.54, 1.807) is 36.0 Å². The first kappa shape index (κ1) is 13.6. The zero-order chi connectivity index (χ0) is 14.7. The van der Waals surface area contributed by atoms with Crippen LogP contribution < -0.4 is 11.1 Å². The van der Waals surface area contributed by atoms with Gasteiger partial charge in [0.2, 0.25) is 0 Å². The van der Waals surface area contributed by atoms with Gasteiger partial charge in [0, 0.05) is 24.0 Å². The van der Waals surface area contributed by atoms with E-state index >= 15 is 0 Å². The molecule has 2 rings (SSSR count). The van der Waals surface area contributed by atoms with E-state index in [1.807, 2.05) is 6.92 Å². The SMILES string of the molecule is Cc1c(C(=O)Nc2ccc(/C(N)=N/O)cc2)cnn1C. The summed E-state index contributed by atoms with van der Waals surface area (Å²) in [6.45, 7) is 1.82. The van der Waals surface area contributed by atoms with Gasteiger partial charge in [0.05, 0.1) is 11.8 Å². The third-order valence-corrected chi connectivity index (χ3v) is 3.03. The number of aryl methyl sites for hydroxylation is 1. The smallest absolute Gasteiger partial charge is 0.259 e. The highest BCUT2D eigenvalue weighted by atomic mass is 16.4. The van der Waals surface area contributed by atoms with Crippen LogP contribution in [0.3, 0.4) is 0 Å². The van der Waals surface area contributed by atoms with E-state index in [9.17, 15) is 4.79 Å². The molecule has 0 unspecified atom stereocenters. The average Bonchev–Trinajstić information content (AvgIpc) is 2.79. The Morgan fingerprint density at radius 1 is 1.40 bits per heavy atom. The van der Waals surface area contributed by atoms with Crippen molar-refractivity contribution in [1.29, 1.82) is 0 Å². The van der Waals surface area contributed by atoms with Gasteiger partial charge in [0.15, 0.2) is 5.84 Å². The molecular formula is C13H15N5O2. The molecule has 7 heteroatoms. The number of nitrogens with one attached hydrogen (secondary N) is 1. The largest absolute Gasteiger partial charge is 0.409 e. The molecule has 0 radical (unpaired) electrons. The van der Waals surface area contributed by atoms with Crippen molar-refractivity contribution in [1.82, 2.24) is 9.78 Å². The summed E-state index contributed by atoms with van der Waals surface area (Å²) in [4.78, 5) is 12.1. The van der Waals surface area contributed by atoms with Crippen molar-refractivity contribution in [2.24, 2.45) is 17.9 Å². The van der Waals surface area contributed by atoms with Crippen molar-refractivity contribution < 1.29 is 10.0 Å². The number of benzene rings is 1. The molecule has 1 aromatic carbocycles. The van der Waals surface area contributed by atoms with Crippen molar-refractivity contribution in [3.05, 3.63) is 47.3 Å². The molecular weight excluding hydrogens is 258 g/mol. The molecule has 1 amide bonds. The van der Waals surface area contributed by atoms with Gasteiger partial charge in [-0.1, -0.05) is 5.16 Å². The predicted molar refractivity (Wildman–Crippen MR) is 74.9 cm³/mol. The van der Waals surface area contributed by atoms with Crippen molar-refractivity contribution in [2.75, 3.05) is 5.32 Å². The molecule has 0 saturated heterocycles. The normalized spacial score (nSPS) is 11.4. The third kappa shape index (κ3) is 2.61. The minimum atomic E-state index is -0.229. The fraction of sp³-hybridized carbons (Fsp3) is 0.154. The molecule has 1 heterocycles. The number of aromatic nitrogens is 2. The average molecular weight is 273 g/mol. The van der Waals surface area contributed by atoms with E-state index < -0.39 is 0 Å². The lowest BCUT2D eigenvalue weighted by Crippen LogP contribution is -2.14. The minimum Gasteiger partial charge on any atom is -0.409 e. The number of carbonyl (C=O) groups is 1. The van der Waals surface area contributed by atoms with E-state index in [2.05, 4.69) is 15.6 Å². The molecule has 1 aromatic heterocycles. The first-order valence-corrected chi connectivity index (χ1v) is 5.91. The molecule has 7 nitrogen and oxygen atoms in total. The Bertz CT molecular complexity index is 658. The van der Waals surface area contributed by atoms with Crippen molar-refractivity contribution in [3.8, 4) is 0 Å². The first-order chi connectivity index (χ1) is 9.52. The van der Waals surface area contributed by atoms with Crippen LogP contribution in [0.15, 0.2) is 35.6 Å². The molecule has 0 saturated carbocycles. The zero-order valence-corrected chi connectivity index (χ0v) is 11.2. The summed E-state index contributed by atoms with van der Waals surface area (Å²) in [6, 6.07) is 6.66. The van der Waals surface area contributed by atoms with Gasteiger partial charge in [0.25, 0.3) is 5.91 Å². The number of hydrogen-bond acceptors (Lipinski definition) is 4. The Labute approximate surface area is 115 Å². The van der Waals surface area contributed by atoms with E-state index in [0.717, 1.165) is 5.69 Å². The lowest BCUT2D eigenvalue weighted by atomic mass is 10.2. The Balaban J connectivity index is 2.14. The van der Waals surface area contributed by atoms with Gasteiger partial charge in [0.1, 0.15) is 0 Å². The number of carbonyl (C=O) groups excluding carboxylic acids is 1. The van der Waals surface area contributed by atoms with Gasteiger partial charge < -0.3 is 16.3 Å². The summed E-state index contributed by atoms with van der Waals surface area (Å²) in [5.74, 6) is -0.210. The highest BCUT2D eigenvalue weighted by Gasteiger charge is 2.12. The van der Waals surface area contributed by atoms with Crippen molar-refractivity contribution in [2.45, 2.75) is 6.92 Å². The van der Waals surface area contributed by atoms with Gasteiger partial charge >= 0.3 is 0 Å². The molecule has 0 fully saturated rings. The molecule has 0 aliphatic heterocycles. The maximum Gasteiger partial charge on any atom is 0.259 e. The van der Waals surface area contributed by atoms with Crippen LogP contribution in [0.1, 0.15) is 21.6 Å². The quantitative estimate of drug-likeness (QED) is 0.336. The van der Waals surface area contributed by atoms with E-state index in [4.69, 9.17) is 10.9 Å². The predicted octanol–water partition coefficient (Wildman–Crippen LogP) is 1.08.